The first-order valence-corrected chi connectivity index (χ1v) is 11.0. The van der Waals surface area contributed by atoms with Gasteiger partial charge in [-0.3, -0.25) is 4.79 Å². The molecule has 2 aromatic carbocycles. The minimum atomic E-state index is -3.50. The molecule has 1 saturated heterocycles. The first-order valence-electron chi connectivity index (χ1n) is 8.76. The lowest BCUT2D eigenvalue weighted by molar-refractivity contribution is -0.114. The molecule has 0 atom stereocenters. The molecule has 0 bridgehead atoms. The summed E-state index contributed by atoms with van der Waals surface area (Å²) < 4.78 is 27.8. The van der Waals surface area contributed by atoms with E-state index in [1.807, 2.05) is 25.1 Å². The van der Waals surface area contributed by atoms with Crippen LogP contribution < -0.4 is 10.6 Å². The topological polar surface area (TPSA) is 78.5 Å². The van der Waals surface area contributed by atoms with E-state index in [0.29, 0.717) is 18.8 Å². The Kier molecular flexibility index (Phi) is 6.18. The molecular weight excluding hydrogens is 430 g/mol. The van der Waals surface area contributed by atoms with Crippen LogP contribution >= 0.6 is 15.9 Å². The zero-order chi connectivity index (χ0) is 19.4. The predicted octanol–water partition coefficient (Wildman–Crippen LogP) is 3.59. The van der Waals surface area contributed by atoms with Gasteiger partial charge in [0.15, 0.2) is 0 Å². The minimum absolute atomic E-state index is 0.0889. The molecule has 144 valence electrons. The molecule has 1 aliphatic heterocycles. The van der Waals surface area contributed by atoms with Crippen LogP contribution in [0.15, 0.2) is 51.8 Å². The van der Waals surface area contributed by atoms with Crippen molar-refractivity contribution in [1.82, 2.24) is 4.31 Å². The van der Waals surface area contributed by atoms with Crippen LogP contribution in [0.2, 0.25) is 0 Å². The van der Waals surface area contributed by atoms with Crippen LogP contribution in [0.25, 0.3) is 0 Å². The fraction of sp³-hybridized carbons (Fsp3) is 0.316. The van der Waals surface area contributed by atoms with Crippen LogP contribution in [0.1, 0.15) is 18.4 Å². The zero-order valence-corrected chi connectivity index (χ0v) is 17.4. The molecule has 1 heterocycles. The summed E-state index contributed by atoms with van der Waals surface area (Å²) in [6, 6.07) is 12.2. The molecule has 2 N–H and O–H groups in total. The summed E-state index contributed by atoms with van der Waals surface area (Å²) in [6.45, 7) is 3.15. The number of carbonyl (C=O) groups excluding carboxylic acids is 1. The first kappa shape index (κ1) is 19.9. The number of benzene rings is 2. The van der Waals surface area contributed by atoms with E-state index in [1.165, 1.54) is 10.4 Å². The standard InChI is InChI=1S/C19H22BrN3O3S/c1-14-11-15(20)7-8-18(14)21-13-19(24)22-16-5-4-6-17(12-16)27(25,26)23-9-2-3-10-23/h4-8,11-12,21H,2-3,9-10,13H2,1H3,(H,22,24). The van der Waals surface area contributed by atoms with E-state index in [0.717, 1.165) is 28.6 Å². The van der Waals surface area contributed by atoms with Gasteiger partial charge in [0.25, 0.3) is 0 Å². The van der Waals surface area contributed by atoms with Gasteiger partial charge in [0, 0.05) is 28.9 Å². The van der Waals surface area contributed by atoms with Crippen LogP contribution in [0.4, 0.5) is 11.4 Å². The van der Waals surface area contributed by atoms with Gasteiger partial charge >= 0.3 is 0 Å². The molecule has 1 amide bonds. The van der Waals surface area contributed by atoms with Gasteiger partial charge < -0.3 is 10.6 Å². The lowest BCUT2D eigenvalue weighted by atomic mass is 10.2. The summed E-state index contributed by atoms with van der Waals surface area (Å²) in [6.07, 6.45) is 1.77. The third kappa shape index (κ3) is 4.88. The maximum atomic E-state index is 12.6. The van der Waals surface area contributed by atoms with Crippen LogP contribution in [-0.4, -0.2) is 38.3 Å². The highest BCUT2D eigenvalue weighted by atomic mass is 79.9. The summed E-state index contributed by atoms with van der Waals surface area (Å²) in [5, 5.41) is 5.84. The van der Waals surface area contributed by atoms with Crippen molar-refractivity contribution < 1.29 is 13.2 Å². The highest BCUT2D eigenvalue weighted by Gasteiger charge is 2.27. The second kappa shape index (κ2) is 8.41. The summed E-state index contributed by atoms with van der Waals surface area (Å²) in [7, 11) is -3.50. The van der Waals surface area contributed by atoms with E-state index < -0.39 is 10.0 Å². The van der Waals surface area contributed by atoms with E-state index in [4.69, 9.17) is 0 Å². The molecule has 0 saturated carbocycles. The van der Waals surface area contributed by atoms with Crippen LogP contribution in [-0.2, 0) is 14.8 Å². The van der Waals surface area contributed by atoms with Gasteiger partial charge in [-0.25, -0.2) is 8.42 Å². The Morgan fingerprint density at radius 3 is 2.59 bits per heavy atom. The number of anilines is 2. The molecule has 1 aliphatic rings. The maximum absolute atomic E-state index is 12.6. The van der Waals surface area contributed by atoms with Gasteiger partial charge in [0.1, 0.15) is 0 Å². The third-order valence-electron chi connectivity index (χ3n) is 4.45. The lowest BCUT2D eigenvalue weighted by Gasteiger charge is -2.16. The van der Waals surface area contributed by atoms with E-state index >= 15 is 0 Å². The smallest absolute Gasteiger partial charge is 0.243 e. The zero-order valence-electron chi connectivity index (χ0n) is 15.0. The van der Waals surface area contributed by atoms with E-state index in [9.17, 15) is 13.2 Å². The Morgan fingerprint density at radius 2 is 1.89 bits per heavy atom. The molecule has 0 spiro atoms. The van der Waals surface area contributed by atoms with Crippen LogP contribution in [0.3, 0.4) is 0 Å². The monoisotopic (exact) mass is 451 g/mol. The van der Waals surface area contributed by atoms with Gasteiger partial charge in [-0.15, -0.1) is 0 Å². The summed E-state index contributed by atoms with van der Waals surface area (Å²) in [4.78, 5) is 12.4. The Hall–Kier alpha value is -1.90. The molecule has 0 unspecified atom stereocenters. The Balaban J connectivity index is 1.64. The number of rotatable bonds is 6. The van der Waals surface area contributed by atoms with E-state index in [1.54, 1.807) is 18.2 Å². The molecule has 3 rings (SSSR count). The molecule has 27 heavy (non-hydrogen) atoms. The van der Waals surface area contributed by atoms with Crippen molar-refractivity contribution in [1.29, 1.82) is 0 Å². The van der Waals surface area contributed by atoms with Gasteiger partial charge in [0.05, 0.1) is 11.4 Å². The Morgan fingerprint density at radius 1 is 1.15 bits per heavy atom. The number of hydrogen-bond donors (Lipinski definition) is 2. The SMILES string of the molecule is Cc1cc(Br)ccc1NCC(=O)Nc1cccc(S(=O)(=O)N2CCCC2)c1. The normalized spacial score (nSPS) is 14.9. The molecular formula is C19H22BrN3O3S. The van der Waals surface area contributed by atoms with Gasteiger partial charge in [-0.2, -0.15) is 4.31 Å². The number of hydrogen-bond acceptors (Lipinski definition) is 4. The number of aryl methyl sites for hydroxylation is 1. The van der Waals surface area contributed by atoms with Crippen molar-refractivity contribution in [2.45, 2.75) is 24.7 Å². The van der Waals surface area contributed by atoms with Crippen LogP contribution in [0.5, 0.6) is 0 Å². The number of halogens is 1. The van der Waals surface area contributed by atoms with Crippen molar-refractivity contribution >= 4 is 43.2 Å². The van der Waals surface area contributed by atoms with Crippen molar-refractivity contribution in [2.75, 3.05) is 30.3 Å². The van der Waals surface area contributed by atoms with Gasteiger partial charge in [-0.05, 0) is 61.7 Å². The lowest BCUT2D eigenvalue weighted by Crippen LogP contribution is -2.28. The molecule has 8 heteroatoms. The second-order valence-electron chi connectivity index (χ2n) is 6.50. The largest absolute Gasteiger partial charge is 0.376 e. The Bertz CT molecular complexity index is 941. The quantitative estimate of drug-likeness (QED) is 0.702. The molecule has 2 aromatic rings. The molecule has 6 nitrogen and oxygen atoms in total. The molecule has 0 radical (unpaired) electrons. The van der Waals surface area contributed by atoms with Gasteiger partial charge in [-0.1, -0.05) is 22.0 Å². The average Bonchev–Trinajstić information content (AvgIpc) is 3.17. The number of carbonyl (C=O) groups is 1. The highest BCUT2D eigenvalue weighted by Crippen LogP contribution is 2.23. The molecule has 1 fully saturated rings. The summed E-state index contributed by atoms with van der Waals surface area (Å²) in [5.74, 6) is -0.243. The highest BCUT2D eigenvalue weighted by molar-refractivity contribution is 9.10. The predicted molar refractivity (Wildman–Crippen MR) is 110 cm³/mol. The van der Waals surface area contributed by atoms with Crippen molar-refractivity contribution in [3.05, 3.63) is 52.5 Å². The molecule has 0 aliphatic carbocycles. The molecule has 0 aromatic heterocycles. The van der Waals surface area contributed by atoms with Crippen molar-refractivity contribution in [3.63, 3.8) is 0 Å². The summed E-state index contributed by atoms with van der Waals surface area (Å²) >= 11 is 3.41. The fourth-order valence-electron chi connectivity index (χ4n) is 3.02. The third-order valence-corrected chi connectivity index (χ3v) is 6.84. The minimum Gasteiger partial charge on any atom is -0.376 e. The van der Waals surface area contributed by atoms with Crippen molar-refractivity contribution in [2.24, 2.45) is 0 Å². The number of sulfonamides is 1. The van der Waals surface area contributed by atoms with Gasteiger partial charge in [0.2, 0.25) is 15.9 Å². The Labute approximate surface area is 168 Å². The van der Waals surface area contributed by atoms with Crippen LogP contribution in [0, 0.1) is 6.92 Å². The maximum Gasteiger partial charge on any atom is 0.243 e. The first-order chi connectivity index (χ1) is 12.9. The van der Waals surface area contributed by atoms with E-state index in [2.05, 4.69) is 26.6 Å². The average molecular weight is 452 g/mol. The van der Waals surface area contributed by atoms with E-state index in [-0.39, 0.29) is 17.3 Å². The number of nitrogens with zero attached hydrogens (tertiary/aromatic N) is 1. The second-order valence-corrected chi connectivity index (χ2v) is 9.35. The summed E-state index contributed by atoms with van der Waals surface area (Å²) in [5.41, 5.74) is 2.36. The number of amides is 1. The van der Waals surface area contributed by atoms with Crippen molar-refractivity contribution in [3.8, 4) is 0 Å². The number of nitrogens with one attached hydrogen (secondary N) is 2. The fourth-order valence-corrected chi connectivity index (χ4v) is 5.06.